The van der Waals surface area contributed by atoms with Crippen LogP contribution < -0.4 is 5.32 Å². The lowest BCUT2D eigenvalue weighted by Gasteiger charge is -2.08. The zero-order valence-corrected chi connectivity index (χ0v) is 9.84. The van der Waals surface area contributed by atoms with Crippen molar-refractivity contribution in [3.8, 4) is 6.07 Å². The molecular weight excluding hydrogens is 267 g/mol. The second kappa shape index (κ2) is 5.53. The predicted molar refractivity (Wildman–Crippen MR) is 62.3 cm³/mol. The van der Waals surface area contributed by atoms with Crippen molar-refractivity contribution < 1.29 is 14.7 Å². The third-order valence-corrected chi connectivity index (χ3v) is 2.59. The lowest BCUT2D eigenvalue weighted by molar-refractivity contribution is -0.115. The Morgan fingerprint density at radius 3 is 2.59 bits per heavy atom. The summed E-state index contributed by atoms with van der Waals surface area (Å²) in [6.45, 7) is 0. The number of nitrogens with one attached hydrogen (secondary N) is 1. The summed E-state index contributed by atoms with van der Waals surface area (Å²) in [6, 6.07) is 4.00. The summed E-state index contributed by atoms with van der Waals surface area (Å²) in [6.07, 6.45) is -0.356. The minimum Gasteiger partial charge on any atom is -0.478 e. The van der Waals surface area contributed by atoms with Gasteiger partial charge in [-0.05, 0) is 12.1 Å². The van der Waals surface area contributed by atoms with Gasteiger partial charge in [0.2, 0.25) is 5.91 Å². The number of hydrogen-bond donors (Lipinski definition) is 2. The monoisotopic (exact) mass is 272 g/mol. The van der Waals surface area contributed by atoms with Gasteiger partial charge in [-0.3, -0.25) is 4.79 Å². The molecule has 0 aliphatic heterocycles. The third-order valence-electron chi connectivity index (χ3n) is 1.79. The number of anilines is 1. The number of carboxylic acids is 1. The molecule has 1 aromatic carbocycles. The van der Waals surface area contributed by atoms with Crippen LogP contribution in [0.4, 0.5) is 5.69 Å². The van der Waals surface area contributed by atoms with E-state index in [0.717, 1.165) is 0 Å². The number of carbonyl (C=O) groups is 2. The Morgan fingerprint density at radius 1 is 1.41 bits per heavy atom. The molecule has 0 aliphatic carbocycles. The van der Waals surface area contributed by atoms with Crippen LogP contribution in [0.25, 0.3) is 0 Å². The Morgan fingerprint density at radius 2 is 2.06 bits per heavy atom. The molecule has 0 aliphatic rings. The Kier molecular flexibility index (Phi) is 4.32. The third kappa shape index (κ3) is 3.34. The highest BCUT2D eigenvalue weighted by Crippen LogP contribution is 2.31. The Hall–Kier alpha value is -1.77. The molecule has 0 unspecified atom stereocenters. The minimum atomic E-state index is -1.20. The van der Waals surface area contributed by atoms with Gasteiger partial charge in [0.25, 0.3) is 0 Å². The van der Waals surface area contributed by atoms with Gasteiger partial charge in [0.1, 0.15) is 6.42 Å². The molecule has 0 fully saturated rings. The molecule has 0 heterocycles. The van der Waals surface area contributed by atoms with Crippen LogP contribution >= 0.6 is 23.2 Å². The lowest BCUT2D eigenvalue weighted by atomic mass is 10.2. The van der Waals surface area contributed by atoms with E-state index >= 15 is 0 Å². The number of amides is 1. The van der Waals surface area contributed by atoms with Crippen LogP contribution in [0.15, 0.2) is 12.1 Å². The zero-order chi connectivity index (χ0) is 13.0. The van der Waals surface area contributed by atoms with Crippen LogP contribution in [-0.4, -0.2) is 17.0 Å². The molecule has 0 aromatic heterocycles. The maximum Gasteiger partial charge on any atom is 0.335 e. The predicted octanol–water partition coefficient (Wildman–Crippen LogP) is 2.54. The summed E-state index contributed by atoms with van der Waals surface area (Å²) in [5.41, 5.74) is -0.0384. The number of halogens is 2. The Bertz CT molecular complexity index is 523. The van der Waals surface area contributed by atoms with E-state index in [-0.39, 0.29) is 27.7 Å². The van der Waals surface area contributed by atoms with Gasteiger partial charge in [0.05, 0.1) is 27.4 Å². The lowest BCUT2D eigenvalue weighted by Crippen LogP contribution is -2.11. The number of benzene rings is 1. The maximum absolute atomic E-state index is 11.2. The molecule has 0 atom stereocenters. The van der Waals surface area contributed by atoms with Gasteiger partial charge in [-0.25, -0.2) is 4.79 Å². The number of nitriles is 1. The van der Waals surface area contributed by atoms with Crippen LogP contribution in [0.5, 0.6) is 0 Å². The fraction of sp³-hybridized carbons (Fsp3) is 0.100. The summed E-state index contributed by atoms with van der Waals surface area (Å²) in [5, 5.41) is 19.5. The van der Waals surface area contributed by atoms with Crippen LogP contribution in [-0.2, 0) is 4.79 Å². The minimum absolute atomic E-state index is 0.0128. The molecule has 88 valence electrons. The van der Waals surface area contributed by atoms with Gasteiger partial charge in [-0.1, -0.05) is 23.2 Å². The highest BCUT2D eigenvalue weighted by Gasteiger charge is 2.13. The van der Waals surface area contributed by atoms with Crippen molar-refractivity contribution in [1.82, 2.24) is 0 Å². The fourth-order valence-electron chi connectivity index (χ4n) is 1.07. The van der Waals surface area contributed by atoms with Crippen molar-refractivity contribution in [3.05, 3.63) is 27.7 Å². The molecule has 1 amide bonds. The van der Waals surface area contributed by atoms with E-state index in [1.54, 1.807) is 6.07 Å². The van der Waals surface area contributed by atoms with Gasteiger partial charge in [-0.15, -0.1) is 0 Å². The molecule has 0 radical (unpaired) electrons. The first kappa shape index (κ1) is 13.3. The second-order valence-electron chi connectivity index (χ2n) is 3.01. The van der Waals surface area contributed by atoms with Gasteiger partial charge in [-0.2, -0.15) is 5.26 Å². The Labute approximate surface area is 107 Å². The highest BCUT2D eigenvalue weighted by molar-refractivity contribution is 6.44. The Balaban J connectivity index is 3.10. The first-order chi connectivity index (χ1) is 7.95. The summed E-state index contributed by atoms with van der Waals surface area (Å²) < 4.78 is 0. The number of aromatic carboxylic acids is 1. The first-order valence-corrected chi connectivity index (χ1v) is 5.10. The molecule has 0 saturated heterocycles. The van der Waals surface area contributed by atoms with E-state index in [4.69, 9.17) is 33.6 Å². The van der Waals surface area contributed by atoms with Gasteiger partial charge in [0.15, 0.2) is 0 Å². The van der Waals surface area contributed by atoms with Gasteiger partial charge < -0.3 is 10.4 Å². The number of carboxylic acid groups (broad SMARTS) is 1. The quantitative estimate of drug-likeness (QED) is 0.885. The number of hydrogen-bond acceptors (Lipinski definition) is 3. The molecule has 1 aromatic rings. The normalized spacial score (nSPS) is 9.47. The number of rotatable bonds is 3. The number of carbonyl (C=O) groups excluding carboxylic acids is 1. The summed E-state index contributed by atoms with van der Waals surface area (Å²) >= 11 is 11.5. The largest absolute Gasteiger partial charge is 0.478 e. The molecule has 17 heavy (non-hydrogen) atoms. The van der Waals surface area contributed by atoms with Crippen LogP contribution in [0, 0.1) is 11.3 Å². The van der Waals surface area contributed by atoms with E-state index in [2.05, 4.69) is 5.32 Å². The maximum atomic E-state index is 11.2. The highest BCUT2D eigenvalue weighted by atomic mass is 35.5. The molecule has 2 N–H and O–H groups in total. The van der Waals surface area contributed by atoms with Crippen molar-refractivity contribution in [2.24, 2.45) is 0 Å². The standard InChI is InChI=1S/C10H6Cl2N2O3/c11-6-3-5(10(16)17)4-7(9(6)12)14-8(15)1-2-13/h3-4H,1H2,(H,14,15)(H,16,17). The second-order valence-corrected chi connectivity index (χ2v) is 3.79. The van der Waals surface area contributed by atoms with E-state index in [0.29, 0.717) is 0 Å². The zero-order valence-electron chi connectivity index (χ0n) is 8.33. The van der Waals surface area contributed by atoms with Crippen LogP contribution in [0.2, 0.25) is 10.0 Å². The average molecular weight is 273 g/mol. The van der Waals surface area contributed by atoms with Crippen molar-refractivity contribution in [3.63, 3.8) is 0 Å². The topological polar surface area (TPSA) is 90.2 Å². The van der Waals surface area contributed by atoms with Crippen LogP contribution in [0.3, 0.4) is 0 Å². The van der Waals surface area contributed by atoms with Crippen molar-refractivity contribution >= 4 is 40.8 Å². The molecule has 1 rings (SSSR count). The fourth-order valence-corrected chi connectivity index (χ4v) is 1.45. The molecule has 5 nitrogen and oxygen atoms in total. The smallest absolute Gasteiger partial charge is 0.335 e. The molecule has 0 saturated carbocycles. The average Bonchev–Trinajstić information content (AvgIpc) is 2.24. The van der Waals surface area contributed by atoms with Crippen molar-refractivity contribution in [2.75, 3.05) is 5.32 Å². The number of nitrogens with zero attached hydrogens (tertiary/aromatic N) is 1. The first-order valence-electron chi connectivity index (χ1n) is 4.35. The molecular formula is C10H6Cl2N2O3. The SMILES string of the molecule is N#CCC(=O)Nc1cc(C(=O)O)cc(Cl)c1Cl. The van der Waals surface area contributed by atoms with E-state index < -0.39 is 11.9 Å². The summed E-state index contributed by atoms with van der Waals surface area (Å²) in [5.74, 6) is -1.78. The van der Waals surface area contributed by atoms with E-state index in [1.807, 2.05) is 0 Å². The van der Waals surface area contributed by atoms with Gasteiger partial charge >= 0.3 is 5.97 Å². The summed E-state index contributed by atoms with van der Waals surface area (Å²) in [4.78, 5) is 21.9. The molecule has 7 heteroatoms. The molecule has 0 spiro atoms. The van der Waals surface area contributed by atoms with Crippen LogP contribution in [0.1, 0.15) is 16.8 Å². The van der Waals surface area contributed by atoms with Gasteiger partial charge in [0, 0.05) is 0 Å². The van der Waals surface area contributed by atoms with Crippen molar-refractivity contribution in [1.29, 1.82) is 5.26 Å². The summed E-state index contributed by atoms with van der Waals surface area (Å²) in [7, 11) is 0. The van der Waals surface area contributed by atoms with E-state index in [9.17, 15) is 9.59 Å². The molecule has 0 bridgehead atoms. The van der Waals surface area contributed by atoms with Crippen molar-refractivity contribution in [2.45, 2.75) is 6.42 Å². The van der Waals surface area contributed by atoms with E-state index in [1.165, 1.54) is 12.1 Å².